The maximum absolute atomic E-state index is 12.4. The Balaban J connectivity index is 1.17. The second kappa shape index (κ2) is 13.8. The number of aliphatic hydroxyl groups is 1. The first-order chi connectivity index (χ1) is 19.6. The van der Waals surface area contributed by atoms with Crippen LogP contribution < -0.4 is 15.4 Å². The second-order valence-electron chi connectivity index (χ2n) is 8.84. The van der Waals surface area contributed by atoms with E-state index in [1.54, 1.807) is 42.5 Å². The summed E-state index contributed by atoms with van der Waals surface area (Å²) in [5, 5.41) is 32.5. The number of carbonyl (C=O) groups is 2. The standard InChI is InChI=1S/C27H25F3N6O4S/c28-27(29,30)40-20-11-6-7-17(15-20)16-22(37)31-21-14-13-19(33-34-21)10-4-5-12-23-35-36-26(41-23)32-25(39)24(38)18-8-2-1-3-9-18/h1-3,6-9,11,13-15,24,38H,4-5,10,12,16H2,(H,31,34,37)(H,32,36,39). The lowest BCUT2D eigenvalue weighted by atomic mass is 10.1. The van der Waals surface area contributed by atoms with Crippen molar-refractivity contribution in [1.29, 1.82) is 0 Å². The zero-order valence-electron chi connectivity index (χ0n) is 21.5. The number of aliphatic hydroxyl groups excluding tert-OH is 1. The van der Waals surface area contributed by atoms with E-state index < -0.39 is 30.0 Å². The van der Waals surface area contributed by atoms with Crippen LogP contribution in [0.1, 0.15) is 40.8 Å². The number of benzene rings is 2. The van der Waals surface area contributed by atoms with Gasteiger partial charge in [-0.2, -0.15) is 5.10 Å². The van der Waals surface area contributed by atoms with Gasteiger partial charge in [-0.15, -0.1) is 28.5 Å². The molecule has 2 heterocycles. The van der Waals surface area contributed by atoms with Gasteiger partial charge in [0.05, 0.1) is 12.1 Å². The van der Waals surface area contributed by atoms with Gasteiger partial charge in [-0.1, -0.05) is 53.8 Å². The minimum absolute atomic E-state index is 0.164. The number of hydrogen-bond donors (Lipinski definition) is 3. The van der Waals surface area contributed by atoms with E-state index in [0.717, 1.165) is 35.7 Å². The zero-order valence-corrected chi connectivity index (χ0v) is 22.3. The predicted octanol–water partition coefficient (Wildman–Crippen LogP) is 4.65. The Morgan fingerprint density at radius 3 is 2.41 bits per heavy atom. The molecule has 2 aromatic carbocycles. The van der Waals surface area contributed by atoms with Crippen LogP contribution in [0.15, 0.2) is 66.7 Å². The first-order valence-corrected chi connectivity index (χ1v) is 13.3. The minimum Gasteiger partial charge on any atom is -0.406 e. The van der Waals surface area contributed by atoms with Crippen LogP contribution in [-0.2, 0) is 28.9 Å². The molecule has 0 aliphatic carbocycles. The Bertz CT molecular complexity index is 1450. The third kappa shape index (κ3) is 9.61. The number of aromatic nitrogens is 4. The molecule has 10 nitrogen and oxygen atoms in total. The maximum Gasteiger partial charge on any atom is 0.573 e. The van der Waals surface area contributed by atoms with Gasteiger partial charge in [0.2, 0.25) is 11.0 Å². The van der Waals surface area contributed by atoms with E-state index in [9.17, 15) is 27.9 Å². The molecule has 2 amide bonds. The van der Waals surface area contributed by atoms with Crippen molar-refractivity contribution in [2.45, 2.75) is 44.6 Å². The molecule has 3 N–H and O–H groups in total. The summed E-state index contributed by atoms with van der Waals surface area (Å²) in [6.45, 7) is 0. The number of nitrogens with one attached hydrogen (secondary N) is 2. The van der Waals surface area contributed by atoms with E-state index in [4.69, 9.17) is 0 Å². The average molecular weight is 587 g/mol. The first kappa shape index (κ1) is 29.6. The van der Waals surface area contributed by atoms with Crippen molar-refractivity contribution < 1.29 is 32.6 Å². The SMILES string of the molecule is O=C(Cc1cccc(OC(F)(F)F)c1)Nc1ccc(CCCCc2nnc(NC(=O)C(O)c3ccccc3)s2)nn1. The van der Waals surface area contributed by atoms with Crippen molar-refractivity contribution >= 4 is 34.1 Å². The number of alkyl halides is 3. The fourth-order valence-corrected chi connectivity index (χ4v) is 4.52. The summed E-state index contributed by atoms with van der Waals surface area (Å²) >= 11 is 1.24. The van der Waals surface area contributed by atoms with Gasteiger partial charge >= 0.3 is 6.36 Å². The lowest BCUT2D eigenvalue weighted by Crippen LogP contribution is -2.20. The Hall–Kier alpha value is -4.43. The van der Waals surface area contributed by atoms with Crippen molar-refractivity contribution in [2.24, 2.45) is 0 Å². The van der Waals surface area contributed by atoms with Gasteiger partial charge < -0.3 is 15.2 Å². The quantitative estimate of drug-likeness (QED) is 0.204. The Morgan fingerprint density at radius 1 is 0.902 bits per heavy atom. The molecular formula is C27H25F3N6O4S. The molecule has 0 aliphatic rings. The van der Waals surface area contributed by atoms with E-state index in [-0.39, 0.29) is 12.2 Å². The van der Waals surface area contributed by atoms with Crippen LogP contribution in [-0.4, -0.2) is 43.7 Å². The van der Waals surface area contributed by atoms with E-state index >= 15 is 0 Å². The van der Waals surface area contributed by atoms with Crippen LogP contribution in [0.25, 0.3) is 0 Å². The number of rotatable bonds is 12. The molecule has 4 rings (SSSR count). The molecule has 0 fully saturated rings. The Kier molecular flexibility index (Phi) is 9.92. The average Bonchev–Trinajstić information content (AvgIpc) is 3.38. The maximum atomic E-state index is 12.4. The zero-order chi connectivity index (χ0) is 29.2. The smallest absolute Gasteiger partial charge is 0.406 e. The molecule has 4 aromatic rings. The van der Waals surface area contributed by atoms with Gasteiger partial charge in [-0.25, -0.2) is 0 Å². The summed E-state index contributed by atoms with van der Waals surface area (Å²) in [6, 6.07) is 17.1. The highest BCUT2D eigenvalue weighted by molar-refractivity contribution is 7.15. The van der Waals surface area contributed by atoms with Crippen molar-refractivity contribution in [3.63, 3.8) is 0 Å². The summed E-state index contributed by atoms with van der Waals surface area (Å²) in [4.78, 5) is 24.5. The number of unbranched alkanes of at least 4 members (excludes halogenated alkanes) is 1. The monoisotopic (exact) mass is 586 g/mol. The summed E-state index contributed by atoms with van der Waals surface area (Å²) in [7, 11) is 0. The van der Waals surface area contributed by atoms with E-state index in [1.165, 1.54) is 23.5 Å². The number of aryl methyl sites for hydroxylation is 2. The fraction of sp³-hybridized carbons (Fsp3) is 0.259. The number of carbonyl (C=O) groups excluding carboxylic acids is 2. The highest BCUT2D eigenvalue weighted by atomic mass is 32.1. The van der Waals surface area contributed by atoms with E-state index in [1.807, 2.05) is 0 Å². The number of amides is 2. The lowest BCUT2D eigenvalue weighted by molar-refractivity contribution is -0.274. The largest absolute Gasteiger partial charge is 0.573 e. The molecule has 0 bridgehead atoms. The normalized spacial score (nSPS) is 12.0. The number of halogens is 3. The van der Waals surface area contributed by atoms with Gasteiger partial charge in [0.1, 0.15) is 10.8 Å². The number of ether oxygens (including phenoxy) is 1. The van der Waals surface area contributed by atoms with Crippen LogP contribution in [0.4, 0.5) is 24.1 Å². The molecule has 214 valence electrons. The molecule has 1 unspecified atom stereocenters. The molecule has 41 heavy (non-hydrogen) atoms. The molecule has 1 atom stereocenters. The fourth-order valence-electron chi connectivity index (χ4n) is 3.73. The molecule has 0 radical (unpaired) electrons. The van der Waals surface area contributed by atoms with Crippen LogP contribution in [0.5, 0.6) is 5.75 Å². The minimum atomic E-state index is -4.81. The van der Waals surface area contributed by atoms with E-state index in [0.29, 0.717) is 29.1 Å². The third-order valence-corrected chi connectivity index (χ3v) is 6.52. The van der Waals surface area contributed by atoms with E-state index in [2.05, 4.69) is 35.8 Å². The highest BCUT2D eigenvalue weighted by Crippen LogP contribution is 2.24. The van der Waals surface area contributed by atoms with Crippen molar-refractivity contribution in [3.05, 3.63) is 88.6 Å². The highest BCUT2D eigenvalue weighted by Gasteiger charge is 2.31. The molecule has 0 spiro atoms. The number of anilines is 2. The number of hydrogen-bond acceptors (Lipinski definition) is 9. The third-order valence-electron chi connectivity index (χ3n) is 5.62. The second-order valence-corrected chi connectivity index (χ2v) is 9.90. The summed E-state index contributed by atoms with van der Waals surface area (Å²) in [5.74, 6) is -1.22. The van der Waals surface area contributed by atoms with Crippen LogP contribution >= 0.6 is 11.3 Å². The summed E-state index contributed by atoms with van der Waals surface area (Å²) in [6.07, 6.45) is -3.43. The van der Waals surface area contributed by atoms with Gasteiger partial charge in [-0.05, 0) is 54.7 Å². The Labute approximate surface area is 236 Å². The topological polar surface area (TPSA) is 139 Å². The predicted molar refractivity (Wildman–Crippen MR) is 144 cm³/mol. The van der Waals surface area contributed by atoms with Crippen LogP contribution in [0.2, 0.25) is 0 Å². The van der Waals surface area contributed by atoms with Gasteiger partial charge in [0, 0.05) is 6.42 Å². The molecule has 0 aliphatic heterocycles. The van der Waals surface area contributed by atoms with Crippen molar-refractivity contribution in [2.75, 3.05) is 10.6 Å². The van der Waals surface area contributed by atoms with Crippen molar-refractivity contribution in [1.82, 2.24) is 20.4 Å². The molecule has 14 heteroatoms. The number of nitrogens with zero attached hydrogens (tertiary/aromatic N) is 4. The Morgan fingerprint density at radius 2 is 1.68 bits per heavy atom. The van der Waals surface area contributed by atoms with Gasteiger partial charge in [-0.3, -0.25) is 14.9 Å². The molecule has 0 saturated heterocycles. The lowest BCUT2D eigenvalue weighted by Gasteiger charge is -2.10. The van der Waals surface area contributed by atoms with Gasteiger partial charge in [0.15, 0.2) is 11.9 Å². The van der Waals surface area contributed by atoms with Gasteiger partial charge in [0.25, 0.3) is 5.91 Å². The first-order valence-electron chi connectivity index (χ1n) is 12.5. The summed E-state index contributed by atoms with van der Waals surface area (Å²) in [5.41, 5.74) is 1.56. The molecule has 2 aromatic heterocycles. The molecular weight excluding hydrogens is 561 g/mol. The van der Waals surface area contributed by atoms with Crippen LogP contribution in [0.3, 0.4) is 0 Å². The van der Waals surface area contributed by atoms with Crippen LogP contribution in [0, 0.1) is 0 Å². The van der Waals surface area contributed by atoms with Crippen molar-refractivity contribution in [3.8, 4) is 5.75 Å². The molecule has 0 saturated carbocycles. The summed E-state index contributed by atoms with van der Waals surface area (Å²) < 4.78 is 41.1.